The number of amides is 4. The molecule has 62 heavy (non-hydrogen) atoms. The molecular weight excluding hydrogens is 818 g/mol. The van der Waals surface area contributed by atoms with Gasteiger partial charge in [-0.1, -0.05) is 0 Å². The molecule has 11 atom stereocenters. The van der Waals surface area contributed by atoms with Crippen molar-refractivity contribution in [2.24, 2.45) is 11.5 Å². The van der Waals surface area contributed by atoms with Gasteiger partial charge in [-0.2, -0.15) is 0 Å². The highest BCUT2D eigenvalue weighted by Gasteiger charge is 2.49. The van der Waals surface area contributed by atoms with E-state index < -0.39 is 121 Å². The maximum absolute atomic E-state index is 13.3. The van der Waals surface area contributed by atoms with E-state index in [1.54, 1.807) is 68.4 Å². The van der Waals surface area contributed by atoms with Gasteiger partial charge < -0.3 is 91.2 Å². The number of aliphatic hydroxyl groups excluding tert-OH is 4. The van der Waals surface area contributed by atoms with Crippen molar-refractivity contribution in [1.82, 2.24) is 26.2 Å². The molecular formula is C40H75N7O15. The molecule has 0 bridgehead atoms. The predicted octanol–water partition coefficient (Wildman–Crippen LogP) is -0.368. The maximum Gasteiger partial charge on any atom is 0.410 e. The van der Waals surface area contributed by atoms with Gasteiger partial charge in [-0.3, -0.25) is 4.79 Å². The van der Waals surface area contributed by atoms with Crippen LogP contribution in [0, 0.1) is 0 Å². The first-order valence-corrected chi connectivity index (χ1v) is 21.0. The highest BCUT2D eigenvalue weighted by Crippen LogP contribution is 2.30. The zero-order valence-electron chi connectivity index (χ0n) is 38.2. The van der Waals surface area contributed by atoms with E-state index in [4.69, 9.17) is 44.6 Å². The average molecular weight is 894 g/mol. The Bertz CT molecular complexity index is 1450. The summed E-state index contributed by atoms with van der Waals surface area (Å²) in [5, 5.41) is 54.7. The molecule has 2 aliphatic rings. The maximum atomic E-state index is 13.3. The minimum atomic E-state index is -1.78. The summed E-state index contributed by atoms with van der Waals surface area (Å²) in [6.07, 6.45) is -10.0. The number of nitrogens with one attached hydrogen (secondary N) is 4. The van der Waals surface area contributed by atoms with Crippen molar-refractivity contribution >= 4 is 24.2 Å². The molecule has 22 heteroatoms. The highest BCUT2D eigenvalue weighted by molar-refractivity contribution is 5.82. The minimum Gasteiger partial charge on any atom is -0.467 e. The van der Waals surface area contributed by atoms with Gasteiger partial charge in [0.25, 0.3) is 5.91 Å². The zero-order valence-corrected chi connectivity index (χ0v) is 38.2. The van der Waals surface area contributed by atoms with Gasteiger partial charge in [-0.15, -0.1) is 0 Å². The molecule has 1 saturated carbocycles. The molecule has 22 nitrogen and oxygen atoms in total. The Morgan fingerprint density at radius 2 is 1.50 bits per heavy atom. The first-order valence-electron chi connectivity index (χ1n) is 21.0. The fourth-order valence-electron chi connectivity index (χ4n) is 6.09. The summed E-state index contributed by atoms with van der Waals surface area (Å²) in [7, 11) is 1.40. The van der Waals surface area contributed by atoms with Crippen molar-refractivity contribution in [1.29, 1.82) is 0 Å². The topological polar surface area (TPSA) is 317 Å². The lowest BCUT2D eigenvalue weighted by atomic mass is 9.83. The molecule has 4 amide bonds. The summed E-state index contributed by atoms with van der Waals surface area (Å²) in [5.74, 6) is -0.461. The van der Waals surface area contributed by atoms with Crippen LogP contribution in [-0.4, -0.2) is 180 Å². The van der Waals surface area contributed by atoms with E-state index in [0.717, 1.165) is 4.90 Å². The van der Waals surface area contributed by atoms with E-state index in [1.165, 1.54) is 14.0 Å². The number of nitrogens with zero attached hydrogens (tertiary/aromatic N) is 1. The van der Waals surface area contributed by atoms with Gasteiger partial charge in [0.15, 0.2) is 6.29 Å². The van der Waals surface area contributed by atoms with Crippen LogP contribution in [0.4, 0.5) is 14.4 Å². The molecule has 0 spiro atoms. The summed E-state index contributed by atoms with van der Waals surface area (Å²) < 4.78 is 40.2. The van der Waals surface area contributed by atoms with E-state index in [2.05, 4.69) is 21.3 Å². The third-order valence-corrected chi connectivity index (χ3v) is 9.24. The summed E-state index contributed by atoms with van der Waals surface area (Å²) in [6, 6.07) is -3.87. The number of carbonyl (C=O) groups is 4. The molecule has 1 aliphatic heterocycles. The number of alkyl carbamates (subject to hydrolysis) is 2. The predicted molar refractivity (Wildman–Crippen MR) is 224 cm³/mol. The number of likely N-dealkylation sites (N-methyl/N-ethyl adjacent to an activating group) is 1. The van der Waals surface area contributed by atoms with Crippen LogP contribution in [0.15, 0.2) is 11.8 Å². The van der Waals surface area contributed by atoms with Crippen molar-refractivity contribution in [2.75, 3.05) is 46.4 Å². The Kier molecular flexibility index (Phi) is 21.5. The number of carbonyl (C=O) groups excluding carboxylic acids is 4. The van der Waals surface area contributed by atoms with Crippen molar-refractivity contribution in [3.8, 4) is 0 Å². The first kappa shape index (κ1) is 54.6. The third kappa shape index (κ3) is 19.4. The summed E-state index contributed by atoms with van der Waals surface area (Å²) >= 11 is 0. The summed E-state index contributed by atoms with van der Waals surface area (Å²) in [4.78, 5) is 51.5. The number of hydrogen-bond acceptors (Lipinski definition) is 18. The first-order chi connectivity index (χ1) is 28.6. The lowest BCUT2D eigenvalue weighted by molar-refractivity contribution is -0.274. The smallest absolute Gasteiger partial charge is 0.410 e. The normalized spacial score (nSPS) is 25.2. The van der Waals surface area contributed by atoms with Gasteiger partial charge in [0.1, 0.15) is 53.1 Å². The van der Waals surface area contributed by atoms with Crippen LogP contribution in [0.25, 0.3) is 0 Å². The number of hydrogen-bond donors (Lipinski definition) is 10. The van der Waals surface area contributed by atoms with E-state index in [1.807, 2.05) is 0 Å². The molecule has 0 unspecified atom stereocenters. The number of aliphatic hydroxyl groups is 4. The number of nitrogens with two attached hydrogens (primary N) is 2. The fourth-order valence-corrected chi connectivity index (χ4v) is 6.09. The van der Waals surface area contributed by atoms with Crippen molar-refractivity contribution < 1.29 is 72.8 Å². The molecule has 0 aromatic heterocycles. The Hall–Kier alpha value is -3.58. The molecule has 1 fully saturated rings. The van der Waals surface area contributed by atoms with Crippen LogP contribution in [0.3, 0.4) is 0 Å². The van der Waals surface area contributed by atoms with Crippen LogP contribution in [0.2, 0.25) is 0 Å². The fraction of sp³-hybridized carbons (Fsp3) is 0.850. The molecule has 0 radical (unpaired) electrons. The molecule has 2 rings (SSSR count). The lowest BCUT2D eigenvalue weighted by Crippen LogP contribution is -2.67. The van der Waals surface area contributed by atoms with Gasteiger partial charge in [-0.05, 0) is 101 Å². The van der Waals surface area contributed by atoms with E-state index in [-0.39, 0.29) is 13.0 Å². The molecule has 12 N–H and O–H groups in total. The Labute approximate surface area is 365 Å². The molecule has 360 valence electrons. The van der Waals surface area contributed by atoms with Crippen molar-refractivity contribution in [3.63, 3.8) is 0 Å². The van der Waals surface area contributed by atoms with Crippen LogP contribution in [0.1, 0.15) is 88.5 Å². The molecule has 1 aliphatic carbocycles. The average Bonchev–Trinajstić information content (AvgIpc) is 3.14. The third-order valence-electron chi connectivity index (χ3n) is 9.24. The van der Waals surface area contributed by atoms with E-state index in [0.29, 0.717) is 38.2 Å². The van der Waals surface area contributed by atoms with Crippen molar-refractivity contribution in [2.45, 2.75) is 173 Å². The number of rotatable bonds is 20. The number of ether oxygens (including phenoxy) is 7. The van der Waals surface area contributed by atoms with Gasteiger partial charge >= 0.3 is 18.3 Å². The monoisotopic (exact) mass is 894 g/mol. The molecule has 1 heterocycles. The van der Waals surface area contributed by atoms with Gasteiger partial charge in [0.05, 0.1) is 44.4 Å². The standard InChI is InChI=1S/C40H75N7O15/c1-22(47(11)37(55)62-40(8,9)10)28(50)34(56-18-17-48)59-31-26(46-32(52)27(49)21-45-36(54)61-39(5,6)7)19-25(42)30(29(31)51)58-33-24(41)14-13-23(57-33)20-43-15-12-16-44-35(53)60-38(2,3)4/h13,22,24-31,33-34,43,48-51H,12,14-21,41-42H2,1-11H3,(H,44,53)(H,45,54)(H,46,52)/t22-,24+,25-,26+,27+,28+,29-,30+,31-,33+,34+/m0/s1. The van der Waals surface area contributed by atoms with Crippen LogP contribution >= 0.6 is 0 Å². The lowest BCUT2D eigenvalue weighted by Gasteiger charge is -2.46. The Morgan fingerprint density at radius 3 is 2.08 bits per heavy atom. The van der Waals surface area contributed by atoms with Gasteiger partial charge in [-0.25, -0.2) is 14.4 Å². The summed E-state index contributed by atoms with van der Waals surface area (Å²) in [6.45, 7) is 16.7. The van der Waals surface area contributed by atoms with E-state index in [9.17, 15) is 39.6 Å². The molecule has 0 aromatic carbocycles. The van der Waals surface area contributed by atoms with Gasteiger partial charge in [0, 0.05) is 19.6 Å². The van der Waals surface area contributed by atoms with E-state index >= 15 is 0 Å². The van der Waals surface area contributed by atoms with Crippen LogP contribution in [0.5, 0.6) is 0 Å². The van der Waals surface area contributed by atoms with Gasteiger partial charge in [0.2, 0.25) is 6.29 Å². The second-order valence-electron chi connectivity index (χ2n) is 18.4. The molecule has 0 saturated heterocycles. The summed E-state index contributed by atoms with van der Waals surface area (Å²) in [5.41, 5.74) is 10.7. The quantitative estimate of drug-likeness (QED) is 0.0424. The molecule has 0 aromatic rings. The van der Waals surface area contributed by atoms with Crippen LogP contribution < -0.4 is 32.7 Å². The second kappa shape index (κ2) is 24.5. The van der Waals surface area contributed by atoms with Crippen LogP contribution in [-0.2, 0) is 38.0 Å². The second-order valence-corrected chi connectivity index (χ2v) is 18.4. The Balaban J connectivity index is 2.28. The van der Waals surface area contributed by atoms with Crippen molar-refractivity contribution in [3.05, 3.63) is 11.8 Å². The largest absolute Gasteiger partial charge is 0.467 e. The zero-order chi connectivity index (χ0) is 47.2. The Morgan fingerprint density at radius 1 is 0.903 bits per heavy atom. The highest BCUT2D eigenvalue weighted by atomic mass is 16.7. The minimum absolute atomic E-state index is 0.121. The SMILES string of the molecule is C[C@@H]([C@@H](O)[C@H](OCCO)O[C@@H]1[C@@H](O)[C@H](O[C@H]2OC(CNCCCNC(=O)OC(C)(C)C)=CC[C@H]2N)[C@@H](N)C[C@H]1NC(=O)[C@H](O)CNC(=O)OC(C)(C)C)N(C)C(=O)OC(C)(C)C.